The molecule has 0 saturated heterocycles. The van der Waals surface area contributed by atoms with E-state index in [4.69, 9.17) is 0 Å². The van der Waals surface area contributed by atoms with Crippen LogP contribution in [0.15, 0.2) is 68.6 Å². The fraction of sp³-hybridized carbons (Fsp3) is 0.227. The van der Waals surface area contributed by atoms with Gasteiger partial charge in [0, 0.05) is 24.3 Å². The average molecular weight is 570 g/mol. The van der Waals surface area contributed by atoms with Crippen molar-refractivity contribution in [1.82, 2.24) is 0 Å². The molecule has 1 amide bonds. The number of fused-ring (bicyclic) bond motifs is 1. The highest BCUT2D eigenvalue weighted by Gasteiger charge is 2.21. The lowest BCUT2D eigenvalue weighted by molar-refractivity contribution is -0.114. The van der Waals surface area contributed by atoms with Crippen molar-refractivity contribution in [2.45, 2.75) is 16.7 Å². The van der Waals surface area contributed by atoms with Gasteiger partial charge in [-0.05, 0) is 53.9 Å². The molecule has 15 heteroatoms. The van der Waals surface area contributed by atoms with E-state index in [2.05, 4.69) is 19.7 Å². The van der Waals surface area contributed by atoms with Crippen LogP contribution in [0.1, 0.15) is 6.92 Å². The van der Waals surface area contributed by atoms with E-state index in [1.807, 2.05) is 0 Å². The monoisotopic (exact) mass is 569 g/mol. The second kappa shape index (κ2) is 10.5. The standard InChI is InChI=1S/C22H23N3O9S3/c1-14(26)23-17-6-9-19-15(12-17)13-20(35(2,28)29)21(22(19)27)25-24-16-4-7-18(8-5-16)37(32,33)11-10-34-36(3,30)31/h4-9,12-13,27H,10-11H2,1-3H3,(H,23,26). The van der Waals surface area contributed by atoms with Crippen molar-refractivity contribution < 1.29 is 39.3 Å². The average Bonchev–Trinajstić information content (AvgIpc) is 2.76. The largest absolute Gasteiger partial charge is 0.505 e. The molecule has 0 unspecified atom stereocenters. The van der Waals surface area contributed by atoms with Gasteiger partial charge in [-0.3, -0.25) is 8.98 Å². The summed E-state index contributed by atoms with van der Waals surface area (Å²) in [4.78, 5) is 10.9. The quantitative estimate of drug-likeness (QED) is 0.288. The molecule has 0 aliphatic heterocycles. The maximum Gasteiger partial charge on any atom is 0.264 e. The van der Waals surface area contributed by atoms with Gasteiger partial charge in [-0.25, -0.2) is 16.8 Å². The number of phenolic OH excluding ortho intramolecular Hbond substituents is 1. The molecule has 0 spiro atoms. The van der Waals surface area contributed by atoms with Gasteiger partial charge in [-0.15, -0.1) is 5.11 Å². The number of anilines is 1. The van der Waals surface area contributed by atoms with Gasteiger partial charge in [0.25, 0.3) is 10.1 Å². The third kappa shape index (κ3) is 7.31. The maximum absolute atomic E-state index is 12.4. The summed E-state index contributed by atoms with van der Waals surface area (Å²) >= 11 is 0. The number of amides is 1. The number of carbonyl (C=O) groups excluding carboxylic acids is 1. The molecule has 0 fully saturated rings. The van der Waals surface area contributed by atoms with Crippen LogP contribution in [-0.2, 0) is 38.8 Å². The molecule has 0 bridgehead atoms. The van der Waals surface area contributed by atoms with E-state index in [1.54, 1.807) is 0 Å². The number of azo groups is 1. The highest BCUT2D eigenvalue weighted by molar-refractivity contribution is 7.91. The van der Waals surface area contributed by atoms with Gasteiger partial charge in [0.2, 0.25) is 5.91 Å². The Morgan fingerprint density at radius 2 is 1.59 bits per heavy atom. The molecule has 0 aromatic heterocycles. The van der Waals surface area contributed by atoms with Crippen molar-refractivity contribution in [3.8, 4) is 5.75 Å². The third-order valence-corrected chi connectivity index (χ3v) is 8.28. The summed E-state index contributed by atoms with van der Waals surface area (Å²) in [5, 5.41) is 21.9. The number of aromatic hydroxyl groups is 1. The molecule has 37 heavy (non-hydrogen) atoms. The van der Waals surface area contributed by atoms with Crippen LogP contribution in [0.2, 0.25) is 0 Å². The highest BCUT2D eigenvalue weighted by atomic mass is 32.2. The number of nitrogens with one attached hydrogen (secondary N) is 1. The summed E-state index contributed by atoms with van der Waals surface area (Å²) in [6.45, 7) is 0.785. The molecular formula is C22H23N3O9S3. The number of hydrogen-bond donors (Lipinski definition) is 2. The first kappa shape index (κ1) is 28.2. The Balaban J connectivity index is 1.95. The summed E-state index contributed by atoms with van der Waals surface area (Å²) in [6, 6.07) is 10.9. The summed E-state index contributed by atoms with van der Waals surface area (Å²) in [7, 11) is -11.5. The first-order chi connectivity index (χ1) is 17.1. The van der Waals surface area contributed by atoms with E-state index in [0.29, 0.717) is 11.1 Å². The fourth-order valence-corrected chi connectivity index (χ4v) is 5.66. The number of benzene rings is 3. The first-order valence-corrected chi connectivity index (χ1v) is 15.8. The summed E-state index contributed by atoms with van der Waals surface area (Å²) < 4.78 is 76.1. The zero-order valence-electron chi connectivity index (χ0n) is 19.9. The van der Waals surface area contributed by atoms with Gasteiger partial charge >= 0.3 is 0 Å². The molecule has 0 atom stereocenters. The number of carbonyl (C=O) groups is 1. The summed E-state index contributed by atoms with van der Waals surface area (Å²) in [6.07, 6.45) is 1.75. The molecule has 0 radical (unpaired) electrons. The molecule has 3 aromatic carbocycles. The van der Waals surface area contributed by atoms with Crippen LogP contribution < -0.4 is 5.32 Å². The maximum atomic E-state index is 12.4. The van der Waals surface area contributed by atoms with Gasteiger partial charge < -0.3 is 10.4 Å². The van der Waals surface area contributed by atoms with Crippen LogP contribution in [-0.4, -0.2) is 61.1 Å². The van der Waals surface area contributed by atoms with E-state index < -0.39 is 47.9 Å². The molecule has 198 valence electrons. The van der Waals surface area contributed by atoms with Gasteiger partial charge in [0.1, 0.15) is 5.69 Å². The normalized spacial score (nSPS) is 12.7. The second-order valence-corrected chi connectivity index (χ2v) is 13.7. The minimum Gasteiger partial charge on any atom is -0.505 e. The van der Waals surface area contributed by atoms with E-state index in [1.165, 1.54) is 55.5 Å². The van der Waals surface area contributed by atoms with E-state index >= 15 is 0 Å². The van der Waals surface area contributed by atoms with Crippen molar-refractivity contribution in [2.24, 2.45) is 10.2 Å². The Kier molecular flexibility index (Phi) is 8.02. The van der Waals surface area contributed by atoms with Crippen molar-refractivity contribution in [2.75, 3.05) is 30.2 Å². The topological polar surface area (TPSA) is 186 Å². The number of nitrogens with zero attached hydrogens (tertiary/aromatic N) is 2. The van der Waals surface area contributed by atoms with Crippen molar-refractivity contribution in [1.29, 1.82) is 0 Å². The predicted octanol–water partition coefficient (Wildman–Crippen LogP) is 3.07. The van der Waals surface area contributed by atoms with Crippen LogP contribution in [0.4, 0.5) is 17.1 Å². The highest BCUT2D eigenvalue weighted by Crippen LogP contribution is 2.42. The third-order valence-electron chi connectivity index (χ3n) is 4.88. The zero-order chi connectivity index (χ0) is 27.6. The molecule has 3 aromatic rings. The molecule has 0 heterocycles. The predicted molar refractivity (Wildman–Crippen MR) is 136 cm³/mol. The zero-order valence-corrected chi connectivity index (χ0v) is 22.3. The summed E-state index contributed by atoms with van der Waals surface area (Å²) in [5.74, 6) is -1.33. The Morgan fingerprint density at radius 1 is 0.946 bits per heavy atom. The van der Waals surface area contributed by atoms with Crippen LogP contribution >= 0.6 is 0 Å². The fourth-order valence-electron chi connectivity index (χ4n) is 3.25. The Labute approximate surface area is 214 Å². The Hall–Kier alpha value is -3.40. The molecule has 0 aliphatic rings. The number of rotatable bonds is 9. The van der Waals surface area contributed by atoms with Gasteiger partial charge in [-0.2, -0.15) is 13.5 Å². The van der Waals surface area contributed by atoms with Crippen LogP contribution in [0.5, 0.6) is 5.75 Å². The molecule has 12 nitrogen and oxygen atoms in total. The van der Waals surface area contributed by atoms with Gasteiger partial charge in [-0.1, -0.05) is 0 Å². The molecule has 0 saturated carbocycles. The Bertz CT molecular complexity index is 1710. The first-order valence-electron chi connectivity index (χ1n) is 10.4. The van der Waals surface area contributed by atoms with Crippen LogP contribution in [0.25, 0.3) is 10.8 Å². The lowest BCUT2D eigenvalue weighted by Crippen LogP contribution is -2.15. The molecule has 2 N–H and O–H groups in total. The van der Waals surface area contributed by atoms with Crippen molar-refractivity contribution >= 4 is 63.5 Å². The lowest BCUT2D eigenvalue weighted by atomic mass is 10.1. The molecular weight excluding hydrogens is 546 g/mol. The van der Waals surface area contributed by atoms with Crippen molar-refractivity contribution in [3.05, 3.63) is 48.5 Å². The lowest BCUT2D eigenvalue weighted by Gasteiger charge is -2.11. The van der Waals surface area contributed by atoms with Crippen molar-refractivity contribution in [3.63, 3.8) is 0 Å². The van der Waals surface area contributed by atoms with E-state index in [-0.39, 0.29) is 32.5 Å². The SMILES string of the molecule is CC(=O)Nc1ccc2c(O)c(N=Nc3ccc(S(=O)(=O)CCOS(C)(=O)=O)cc3)c(S(C)(=O)=O)cc2c1. The minimum absolute atomic E-state index is 0.107. The number of hydrogen-bond acceptors (Lipinski definition) is 11. The Morgan fingerprint density at radius 3 is 2.16 bits per heavy atom. The van der Waals surface area contributed by atoms with E-state index in [9.17, 15) is 35.2 Å². The second-order valence-electron chi connectivity index (χ2n) is 8.00. The van der Waals surface area contributed by atoms with Gasteiger partial charge in [0.15, 0.2) is 25.4 Å². The molecule has 3 rings (SSSR count). The molecule has 0 aliphatic carbocycles. The summed E-state index contributed by atoms with van der Waals surface area (Å²) in [5.41, 5.74) is 0.259. The van der Waals surface area contributed by atoms with Crippen LogP contribution in [0.3, 0.4) is 0 Å². The van der Waals surface area contributed by atoms with Crippen LogP contribution in [0, 0.1) is 0 Å². The van der Waals surface area contributed by atoms with Gasteiger partial charge in [0.05, 0.1) is 34.1 Å². The number of sulfone groups is 2. The van der Waals surface area contributed by atoms with E-state index in [0.717, 1.165) is 12.5 Å². The number of phenols is 1. The smallest absolute Gasteiger partial charge is 0.264 e. The minimum atomic E-state index is -3.87.